The standard InChI is InChI=1S/C4H6N3S/c1-2-8-4-5-3-6-7-4/h3H,2H2,1H3. The largest absolute Gasteiger partial charge is 0.210 e. The molecule has 0 amide bonds. The Morgan fingerprint density at radius 2 is 2.62 bits per heavy atom. The van der Waals surface area contributed by atoms with Gasteiger partial charge in [0.2, 0.25) is 5.17 Å². The maximum absolute atomic E-state index is 3.85. The van der Waals surface area contributed by atoms with Crippen molar-refractivity contribution in [1.82, 2.24) is 5.43 Å². The molecule has 0 saturated carbocycles. The van der Waals surface area contributed by atoms with Gasteiger partial charge in [0.1, 0.15) is 6.34 Å². The Morgan fingerprint density at radius 1 is 1.75 bits per heavy atom. The molecule has 1 aliphatic rings. The van der Waals surface area contributed by atoms with Gasteiger partial charge in [0.05, 0.1) is 0 Å². The van der Waals surface area contributed by atoms with Gasteiger partial charge in [0, 0.05) is 0 Å². The number of amidine groups is 1. The van der Waals surface area contributed by atoms with Gasteiger partial charge in [-0.3, -0.25) is 0 Å². The summed E-state index contributed by atoms with van der Waals surface area (Å²) in [5.41, 5.74) is 3.71. The molecule has 4 heteroatoms. The van der Waals surface area contributed by atoms with E-state index in [1.807, 2.05) is 0 Å². The number of hydrogen-bond donors (Lipinski definition) is 0. The van der Waals surface area contributed by atoms with Gasteiger partial charge in [-0.2, -0.15) is 0 Å². The molecule has 0 atom stereocenters. The van der Waals surface area contributed by atoms with E-state index in [0.29, 0.717) is 0 Å². The molecular formula is C4H6N3S. The van der Waals surface area contributed by atoms with Crippen LogP contribution in [0.15, 0.2) is 10.1 Å². The van der Waals surface area contributed by atoms with E-state index in [2.05, 4.69) is 22.4 Å². The Kier molecular flexibility index (Phi) is 1.91. The molecule has 0 saturated heterocycles. The van der Waals surface area contributed by atoms with Crippen molar-refractivity contribution in [2.45, 2.75) is 6.92 Å². The van der Waals surface area contributed by atoms with Gasteiger partial charge in [-0.25, -0.2) is 4.99 Å². The van der Waals surface area contributed by atoms with Crippen LogP contribution in [0.2, 0.25) is 0 Å². The Morgan fingerprint density at radius 3 is 3.12 bits per heavy atom. The van der Waals surface area contributed by atoms with Crippen LogP contribution in [0.3, 0.4) is 0 Å². The van der Waals surface area contributed by atoms with Gasteiger partial charge in [-0.15, -0.1) is 10.5 Å². The van der Waals surface area contributed by atoms with E-state index in [9.17, 15) is 0 Å². The maximum Gasteiger partial charge on any atom is 0.210 e. The van der Waals surface area contributed by atoms with Crippen molar-refractivity contribution in [2.24, 2.45) is 10.1 Å². The summed E-state index contributed by atoms with van der Waals surface area (Å²) in [7, 11) is 0. The van der Waals surface area contributed by atoms with E-state index < -0.39 is 0 Å². The molecule has 0 aromatic rings. The number of aliphatic imine (C=N–C) groups is 1. The Bertz CT molecular complexity index is 129. The van der Waals surface area contributed by atoms with Crippen LogP contribution in [0.4, 0.5) is 0 Å². The second kappa shape index (κ2) is 2.71. The first-order valence-corrected chi connectivity index (χ1v) is 3.35. The summed E-state index contributed by atoms with van der Waals surface area (Å²) in [6.07, 6.45) is 1.46. The summed E-state index contributed by atoms with van der Waals surface area (Å²) in [4.78, 5) is 3.85. The van der Waals surface area contributed by atoms with Gasteiger partial charge >= 0.3 is 0 Å². The third-order valence-corrected chi connectivity index (χ3v) is 1.37. The predicted octanol–water partition coefficient (Wildman–Crippen LogP) is 0.657. The molecule has 0 N–H and O–H groups in total. The molecule has 8 heavy (non-hydrogen) atoms. The summed E-state index contributed by atoms with van der Waals surface area (Å²) in [5.74, 6) is 1.01. The molecule has 1 rings (SSSR count). The van der Waals surface area contributed by atoms with Crippen molar-refractivity contribution in [1.29, 1.82) is 0 Å². The van der Waals surface area contributed by atoms with E-state index in [0.717, 1.165) is 10.9 Å². The highest BCUT2D eigenvalue weighted by molar-refractivity contribution is 8.13. The van der Waals surface area contributed by atoms with Gasteiger partial charge in [-0.1, -0.05) is 18.7 Å². The molecule has 43 valence electrons. The molecule has 0 spiro atoms. The molecule has 1 radical (unpaired) electrons. The van der Waals surface area contributed by atoms with Crippen LogP contribution in [0, 0.1) is 0 Å². The average Bonchev–Trinajstić information content (AvgIpc) is 2.19. The fraction of sp³-hybridized carbons (Fsp3) is 0.500. The zero-order valence-corrected chi connectivity index (χ0v) is 5.35. The fourth-order valence-electron chi connectivity index (χ4n) is 0.371. The van der Waals surface area contributed by atoms with E-state index in [-0.39, 0.29) is 0 Å². The van der Waals surface area contributed by atoms with E-state index in [1.54, 1.807) is 11.8 Å². The zero-order chi connectivity index (χ0) is 5.82. The lowest BCUT2D eigenvalue weighted by atomic mass is 11.0. The number of nitrogens with zero attached hydrogens (tertiary/aromatic N) is 3. The van der Waals surface area contributed by atoms with Gasteiger partial charge in [-0.05, 0) is 5.75 Å². The van der Waals surface area contributed by atoms with Gasteiger partial charge in [0.15, 0.2) is 0 Å². The lowest BCUT2D eigenvalue weighted by molar-refractivity contribution is 1.06. The van der Waals surface area contributed by atoms with Crippen LogP contribution >= 0.6 is 11.8 Å². The molecule has 0 unspecified atom stereocenters. The summed E-state index contributed by atoms with van der Waals surface area (Å²) >= 11 is 1.60. The van der Waals surface area contributed by atoms with Crippen molar-refractivity contribution in [3.8, 4) is 0 Å². The molecular weight excluding hydrogens is 122 g/mol. The molecule has 0 aromatic carbocycles. The summed E-state index contributed by atoms with van der Waals surface area (Å²) in [5, 5.41) is 4.33. The molecule has 0 bridgehead atoms. The topological polar surface area (TPSA) is 38.8 Å². The highest BCUT2D eigenvalue weighted by Crippen LogP contribution is 2.03. The minimum atomic E-state index is 0.771. The highest BCUT2D eigenvalue weighted by atomic mass is 32.2. The van der Waals surface area contributed by atoms with Gasteiger partial charge < -0.3 is 0 Å². The summed E-state index contributed by atoms with van der Waals surface area (Å²) in [6, 6.07) is 0. The molecule has 1 aliphatic heterocycles. The normalized spacial score (nSPS) is 15.9. The first kappa shape index (κ1) is 5.62. The number of thioether (sulfide) groups is 1. The Balaban J connectivity index is 2.28. The van der Waals surface area contributed by atoms with Crippen LogP contribution in [0.25, 0.3) is 0 Å². The van der Waals surface area contributed by atoms with Crippen molar-refractivity contribution < 1.29 is 0 Å². The van der Waals surface area contributed by atoms with Crippen molar-refractivity contribution in [3.63, 3.8) is 0 Å². The minimum absolute atomic E-state index is 0.771. The van der Waals surface area contributed by atoms with E-state index in [1.165, 1.54) is 6.34 Å². The first-order valence-electron chi connectivity index (χ1n) is 2.36. The Labute approximate surface area is 52.3 Å². The smallest absolute Gasteiger partial charge is 0.207 e. The van der Waals surface area contributed by atoms with E-state index >= 15 is 0 Å². The third-order valence-electron chi connectivity index (χ3n) is 0.637. The highest BCUT2D eigenvalue weighted by Gasteiger charge is 2.00. The van der Waals surface area contributed by atoms with Crippen LogP contribution < -0.4 is 5.43 Å². The second-order valence-electron chi connectivity index (χ2n) is 1.18. The summed E-state index contributed by atoms with van der Waals surface area (Å²) in [6.45, 7) is 2.06. The van der Waals surface area contributed by atoms with Gasteiger partial charge in [0.25, 0.3) is 0 Å². The SMILES string of the molecule is CCSC1=NC=N[N]1. The quantitative estimate of drug-likeness (QED) is 0.511. The average molecular weight is 128 g/mol. The predicted molar refractivity (Wildman–Crippen MR) is 36.2 cm³/mol. The van der Waals surface area contributed by atoms with Crippen LogP contribution in [0.5, 0.6) is 0 Å². The van der Waals surface area contributed by atoms with E-state index in [4.69, 9.17) is 0 Å². The fourth-order valence-corrected chi connectivity index (χ4v) is 0.856. The lowest BCUT2D eigenvalue weighted by Crippen LogP contribution is -1.99. The minimum Gasteiger partial charge on any atom is -0.207 e. The monoisotopic (exact) mass is 128 g/mol. The van der Waals surface area contributed by atoms with Crippen molar-refractivity contribution in [3.05, 3.63) is 0 Å². The molecule has 1 heterocycles. The molecule has 0 aliphatic carbocycles. The van der Waals surface area contributed by atoms with Crippen LogP contribution in [-0.2, 0) is 0 Å². The maximum atomic E-state index is 3.85. The first-order chi connectivity index (χ1) is 3.93. The molecule has 0 fully saturated rings. The second-order valence-corrected chi connectivity index (χ2v) is 2.41. The lowest BCUT2D eigenvalue weighted by Gasteiger charge is -1.88. The number of rotatable bonds is 1. The van der Waals surface area contributed by atoms with Crippen molar-refractivity contribution >= 4 is 23.3 Å². The number of hydrogen-bond acceptors (Lipinski definition) is 3. The van der Waals surface area contributed by atoms with Crippen LogP contribution in [-0.4, -0.2) is 17.3 Å². The molecule has 0 aromatic heterocycles. The zero-order valence-electron chi connectivity index (χ0n) is 4.53. The summed E-state index contributed by atoms with van der Waals surface area (Å²) < 4.78 is 0. The Hall–Kier alpha value is -0.510. The molecule has 3 nitrogen and oxygen atoms in total. The van der Waals surface area contributed by atoms with Crippen molar-refractivity contribution in [2.75, 3.05) is 5.75 Å². The van der Waals surface area contributed by atoms with Crippen LogP contribution in [0.1, 0.15) is 6.92 Å². The third kappa shape index (κ3) is 1.23.